The van der Waals surface area contributed by atoms with Gasteiger partial charge >= 0.3 is 0 Å². The van der Waals surface area contributed by atoms with Gasteiger partial charge in [-0.3, -0.25) is 0 Å². The zero-order valence-electron chi connectivity index (χ0n) is 15.6. The van der Waals surface area contributed by atoms with E-state index >= 15 is 15.5 Å². The highest BCUT2D eigenvalue weighted by molar-refractivity contribution is 9.10. The summed E-state index contributed by atoms with van der Waals surface area (Å²) in [5.41, 5.74) is 0.374. The highest BCUT2D eigenvalue weighted by Gasteiger charge is 2.71. The molecule has 0 unspecified atom stereocenters. The molecule has 0 spiro atoms. The summed E-state index contributed by atoms with van der Waals surface area (Å²) in [6.45, 7) is -0.0217. The fourth-order valence-electron chi connectivity index (χ4n) is 3.02. The fraction of sp³-hybridized carbons (Fsp3) is 0.0500. The molecule has 0 radical (unpaired) electrons. The molecule has 0 bridgehead atoms. The molecule has 0 saturated carbocycles. The molecule has 0 fully saturated rings. The van der Waals surface area contributed by atoms with E-state index in [0.29, 0.717) is 16.1 Å². The van der Waals surface area contributed by atoms with Crippen molar-refractivity contribution in [2.24, 2.45) is 0 Å². The average Bonchev–Trinajstić information content (AvgIpc) is 3.15. The first-order valence-electron chi connectivity index (χ1n) is 8.83. The number of benzene rings is 2. The number of pyridine rings is 1. The molecule has 0 aliphatic heterocycles. The topological polar surface area (TPSA) is 43.6 Å². The van der Waals surface area contributed by atoms with E-state index in [0.717, 1.165) is 21.4 Å². The Bertz CT molecular complexity index is 1240. The lowest BCUT2D eigenvalue weighted by Gasteiger charge is -2.47. The van der Waals surface area contributed by atoms with Gasteiger partial charge in [0.15, 0.2) is 5.03 Å². The Morgan fingerprint density at radius 2 is 1.45 bits per heavy atom. The van der Waals surface area contributed by atoms with E-state index in [2.05, 4.69) is 47.2 Å². The summed E-state index contributed by atoms with van der Waals surface area (Å²) in [5.74, 6) is 0. The quantitative estimate of drug-likeness (QED) is 0.228. The third kappa shape index (κ3) is 4.13. The molecule has 2 aromatic carbocycles. The van der Waals surface area contributed by atoms with E-state index in [-0.39, 0.29) is 12.1 Å². The maximum Gasteiger partial charge on any atom is 0.242 e. The first-order valence-corrected chi connectivity index (χ1v) is 12.5. The molecule has 0 atom stereocenters. The summed E-state index contributed by atoms with van der Waals surface area (Å²) in [4.78, 5) is 3.33. The molecule has 31 heavy (non-hydrogen) atoms. The molecule has 2 aromatic heterocycles. The second-order valence-electron chi connectivity index (χ2n) is 6.78. The van der Waals surface area contributed by atoms with Gasteiger partial charge in [0.25, 0.3) is 0 Å². The van der Waals surface area contributed by atoms with E-state index in [9.17, 15) is 0 Å². The van der Waals surface area contributed by atoms with Gasteiger partial charge in [-0.05, 0) is 45.8 Å². The van der Waals surface area contributed by atoms with Crippen molar-refractivity contribution in [3.63, 3.8) is 0 Å². The SMILES string of the molecule is FS(F)(F)(F)(c1ccc(Br)cn1)c1nnn(Cc2ccc(Br)cc2)c1-c1ccccc1. The largest absolute Gasteiger partial charge is 0.242 e. The predicted octanol–water partition coefficient (Wildman–Crippen LogP) is 7.75. The van der Waals surface area contributed by atoms with Crippen molar-refractivity contribution in [2.75, 3.05) is 0 Å². The molecular weight excluding hydrogens is 564 g/mol. The Balaban J connectivity index is 1.95. The second kappa shape index (κ2) is 7.14. The Morgan fingerprint density at radius 3 is 2.06 bits per heavy atom. The lowest BCUT2D eigenvalue weighted by molar-refractivity contribution is 0.430. The van der Waals surface area contributed by atoms with Crippen LogP contribution in [-0.2, 0) is 6.54 Å². The molecule has 11 heteroatoms. The van der Waals surface area contributed by atoms with Gasteiger partial charge < -0.3 is 0 Å². The zero-order valence-corrected chi connectivity index (χ0v) is 19.6. The Hall–Kier alpha value is -2.24. The van der Waals surface area contributed by atoms with Gasteiger partial charge in [0, 0.05) is 20.7 Å². The van der Waals surface area contributed by atoms with Crippen molar-refractivity contribution in [1.29, 1.82) is 0 Å². The van der Waals surface area contributed by atoms with Crippen molar-refractivity contribution in [3.8, 4) is 11.3 Å². The van der Waals surface area contributed by atoms with Gasteiger partial charge in [0.05, 0.1) is 6.54 Å². The van der Waals surface area contributed by atoms with Gasteiger partial charge in [-0.1, -0.05) is 63.6 Å². The maximum absolute atomic E-state index is 15.5. The maximum atomic E-state index is 15.5. The van der Waals surface area contributed by atoms with E-state index in [4.69, 9.17) is 0 Å². The van der Waals surface area contributed by atoms with Crippen molar-refractivity contribution in [3.05, 3.63) is 87.4 Å². The second-order valence-corrected chi connectivity index (χ2v) is 11.6. The molecular formula is C20H14Br2F4N4S. The lowest BCUT2D eigenvalue weighted by atomic mass is 10.1. The van der Waals surface area contributed by atoms with Crippen LogP contribution in [0.25, 0.3) is 11.3 Å². The highest BCUT2D eigenvalue weighted by Crippen LogP contribution is 3.04. The van der Waals surface area contributed by atoms with Crippen molar-refractivity contribution in [2.45, 2.75) is 16.6 Å². The van der Waals surface area contributed by atoms with Crippen molar-refractivity contribution < 1.29 is 15.5 Å². The minimum atomic E-state index is -9.10. The molecule has 4 nitrogen and oxygen atoms in total. The summed E-state index contributed by atoms with van der Waals surface area (Å²) in [5, 5.41) is 3.73. The minimum absolute atomic E-state index is 0.0217. The van der Waals surface area contributed by atoms with E-state index in [1.807, 2.05) is 0 Å². The average molecular weight is 578 g/mol. The number of halogens is 6. The van der Waals surface area contributed by atoms with E-state index in [1.165, 1.54) is 12.1 Å². The van der Waals surface area contributed by atoms with Crippen LogP contribution in [0.4, 0.5) is 15.5 Å². The Morgan fingerprint density at radius 1 is 0.806 bits per heavy atom. The molecule has 4 rings (SSSR count). The summed E-state index contributed by atoms with van der Waals surface area (Å²) in [6, 6.07) is 16.4. The van der Waals surface area contributed by atoms with Crippen LogP contribution in [0.15, 0.2) is 91.9 Å². The molecule has 4 aromatic rings. The molecule has 0 aliphatic rings. The van der Waals surface area contributed by atoms with Crippen LogP contribution in [0.1, 0.15) is 5.56 Å². The van der Waals surface area contributed by atoms with Crippen molar-refractivity contribution >= 4 is 41.7 Å². The summed E-state index contributed by atoms with van der Waals surface area (Å²) < 4.78 is 64.3. The molecule has 0 aliphatic carbocycles. The van der Waals surface area contributed by atoms with Gasteiger partial charge in [-0.15, -0.1) is 20.6 Å². The van der Waals surface area contributed by atoms with Crippen LogP contribution in [0.3, 0.4) is 0 Å². The number of hydrogen-bond acceptors (Lipinski definition) is 3. The van der Waals surface area contributed by atoms with Gasteiger partial charge in [0.1, 0.15) is 5.69 Å². The molecule has 2 heterocycles. The third-order valence-electron chi connectivity index (χ3n) is 4.51. The van der Waals surface area contributed by atoms with Crippen LogP contribution >= 0.6 is 41.7 Å². The fourth-order valence-corrected chi connectivity index (χ4v) is 5.14. The van der Waals surface area contributed by atoms with E-state index in [1.54, 1.807) is 42.5 Å². The van der Waals surface area contributed by atoms with Crippen LogP contribution in [-0.4, -0.2) is 20.0 Å². The molecule has 0 saturated heterocycles. The number of aromatic nitrogens is 4. The Labute approximate surface area is 192 Å². The number of hydrogen-bond donors (Lipinski definition) is 0. The zero-order chi connectivity index (χ0) is 22.3. The summed E-state index contributed by atoms with van der Waals surface area (Å²) in [7, 11) is -9.10. The van der Waals surface area contributed by atoms with E-state index < -0.39 is 25.6 Å². The highest BCUT2D eigenvalue weighted by atomic mass is 79.9. The normalized spacial score (nSPS) is 14.1. The van der Waals surface area contributed by atoms with Gasteiger partial charge in [-0.25, -0.2) is 9.67 Å². The number of nitrogens with zero attached hydrogens (tertiary/aromatic N) is 4. The van der Waals surface area contributed by atoms with Crippen molar-refractivity contribution in [1.82, 2.24) is 20.0 Å². The van der Waals surface area contributed by atoms with Gasteiger partial charge in [0.2, 0.25) is 14.9 Å². The number of rotatable bonds is 5. The van der Waals surface area contributed by atoms with Crippen LogP contribution in [0.2, 0.25) is 0 Å². The van der Waals surface area contributed by atoms with Crippen LogP contribution in [0, 0.1) is 0 Å². The Kier molecular flexibility index (Phi) is 5.06. The first kappa shape index (κ1) is 22.0. The molecule has 0 N–H and O–H groups in total. The lowest BCUT2D eigenvalue weighted by Crippen LogP contribution is -2.18. The standard InChI is InChI=1S/C20H14Br2F4N4S/c21-16-8-6-14(7-9-16)13-30-19(15-4-2-1-3-5-15)20(28-29-30)31(23,24,25,26)18-11-10-17(22)12-27-18/h1-12H,13H2. The molecule has 0 amide bonds. The summed E-state index contributed by atoms with van der Waals surface area (Å²) >= 11 is 6.35. The minimum Gasteiger partial charge on any atom is -0.242 e. The molecule has 162 valence electrons. The first-order chi connectivity index (χ1) is 14.5. The third-order valence-corrected chi connectivity index (χ3v) is 7.64. The smallest absolute Gasteiger partial charge is 0.242 e. The monoisotopic (exact) mass is 576 g/mol. The van der Waals surface area contributed by atoms with Gasteiger partial charge in [-0.2, -0.15) is 0 Å². The van der Waals surface area contributed by atoms with Crippen LogP contribution in [0.5, 0.6) is 0 Å². The summed E-state index contributed by atoms with van der Waals surface area (Å²) in [6.07, 6.45) is 0.905. The predicted molar refractivity (Wildman–Crippen MR) is 119 cm³/mol. The van der Waals surface area contributed by atoms with Crippen LogP contribution < -0.4 is 0 Å².